The molecule has 104 valence electrons. The second-order valence-electron chi connectivity index (χ2n) is 5.44. The Morgan fingerprint density at radius 1 is 1.50 bits per heavy atom. The predicted octanol–water partition coefficient (Wildman–Crippen LogP) is 2.90. The van der Waals surface area contributed by atoms with Gasteiger partial charge < -0.3 is 14.6 Å². The van der Waals surface area contributed by atoms with E-state index in [4.69, 9.17) is 14.6 Å². The molecule has 1 fully saturated rings. The van der Waals surface area contributed by atoms with Crippen LogP contribution in [0.25, 0.3) is 0 Å². The molecule has 0 aromatic carbocycles. The van der Waals surface area contributed by atoms with E-state index in [0.29, 0.717) is 5.92 Å². The number of hydrogen-bond donors (Lipinski definition) is 1. The molecular formula is C14H24O4. The molecule has 1 aliphatic rings. The largest absolute Gasteiger partial charge is 0.508 e. The molecule has 0 spiro atoms. The Morgan fingerprint density at radius 3 is 2.72 bits per heavy atom. The van der Waals surface area contributed by atoms with Crippen molar-refractivity contribution in [1.82, 2.24) is 0 Å². The van der Waals surface area contributed by atoms with Crippen molar-refractivity contribution in [1.29, 1.82) is 0 Å². The van der Waals surface area contributed by atoms with Gasteiger partial charge in [0.15, 0.2) is 0 Å². The molecule has 0 saturated heterocycles. The van der Waals surface area contributed by atoms with Crippen LogP contribution >= 0.6 is 0 Å². The standard InChI is InChI=1S/C14H24O4/c1-9(2)12-6-5-10(3)7-13(12)18-14(16)17-8-11(4)15/h10-13,15H,1,5-8H2,2-4H3. The van der Waals surface area contributed by atoms with Gasteiger partial charge in [-0.25, -0.2) is 4.79 Å². The second kappa shape index (κ2) is 6.78. The molecule has 0 aromatic heterocycles. The maximum atomic E-state index is 11.5. The van der Waals surface area contributed by atoms with E-state index in [1.807, 2.05) is 6.92 Å². The minimum absolute atomic E-state index is 0.0289. The number of hydrogen-bond acceptors (Lipinski definition) is 4. The average molecular weight is 256 g/mol. The summed E-state index contributed by atoms with van der Waals surface area (Å²) in [6, 6.07) is 0. The molecule has 1 aliphatic carbocycles. The molecule has 1 N–H and O–H groups in total. The van der Waals surface area contributed by atoms with E-state index < -0.39 is 12.3 Å². The van der Waals surface area contributed by atoms with Crippen molar-refractivity contribution in [3.63, 3.8) is 0 Å². The van der Waals surface area contributed by atoms with Crippen molar-refractivity contribution < 1.29 is 19.4 Å². The van der Waals surface area contributed by atoms with E-state index in [9.17, 15) is 4.79 Å². The Bertz CT molecular complexity index is 298. The smallest absolute Gasteiger partial charge is 0.432 e. The van der Waals surface area contributed by atoms with Gasteiger partial charge in [-0.3, -0.25) is 0 Å². The predicted molar refractivity (Wildman–Crippen MR) is 69.2 cm³/mol. The number of rotatable bonds is 4. The van der Waals surface area contributed by atoms with Gasteiger partial charge in [-0.2, -0.15) is 0 Å². The summed E-state index contributed by atoms with van der Waals surface area (Å²) in [4.78, 5) is 11.5. The minimum Gasteiger partial charge on any atom is -0.432 e. The minimum atomic E-state index is -0.693. The lowest BCUT2D eigenvalue weighted by Gasteiger charge is -2.34. The van der Waals surface area contributed by atoms with Crippen LogP contribution in [0.1, 0.15) is 40.0 Å². The number of carbonyl (C=O) groups excluding carboxylic acids is 1. The summed E-state index contributed by atoms with van der Waals surface area (Å²) in [7, 11) is 0. The molecule has 18 heavy (non-hydrogen) atoms. The summed E-state index contributed by atoms with van der Waals surface area (Å²) in [6.45, 7) is 9.63. The Balaban J connectivity index is 2.50. The molecule has 0 aromatic rings. The van der Waals surface area contributed by atoms with Gasteiger partial charge in [-0.15, -0.1) is 0 Å². The Hall–Kier alpha value is -1.03. The summed E-state index contributed by atoms with van der Waals surface area (Å²) in [5, 5.41) is 9.04. The van der Waals surface area contributed by atoms with Crippen LogP contribution in [0.2, 0.25) is 0 Å². The quantitative estimate of drug-likeness (QED) is 0.620. The van der Waals surface area contributed by atoms with Gasteiger partial charge >= 0.3 is 6.16 Å². The average Bonchev–Trinajstić information content (AvgIpc) is 2.26. The first kappa shape index (κ1) is 15.0. The molecule has 4 atom stereocenters. The Morgan fingerprint density at radius 2 is 2.17 bits per heavy atom. The fraction of sp³-hybridized carbons (Fsp3) is 0.786. The summed E-state index contributed by atoms with van der Waals surface area (Å²) in [5.41, 5.74) is 1.05. The monoisotopic (exact) mass is 256 g/mol. The lowest BCUT2D eigenvalue weighted by Crippen LogP contribution is -2.34. The van der Waals surface area contributed by atoms with E-state index in [0.717, 1.165) is 24.8 Å². The number of aliphatic hydroxyl groups is 1. The van der Waals surface area contributed by atoms with Gasteiger partial charge in [-0.1, -0.05) is 19.1 Å². The summed E-state index contributed by atoms with van der Waals surface area (Å²) < 4.78 is 10.2. The van der Waals surface area contributed by atoms with Crippen LogP contribution in [0.15, 0.2) is 12.2 Å². The van der Waals surface area contributed by atoms with Crippen molar-refractivity contribution in [3.8, 4) is 0 Å². The Labute approximate surface area is 109 Å². The highest BCUT2D eigenvalue weighted by atomic mass is 16.7. The maximum absolute atomic E-state index is 11.5. The highest BCUT2D eigenvalue weighted by molar-refractivity contribution is 5.60. The van der Waals surface area contributed by atoms with E-state index in [1.165, 1.54) is 0 Å². The second-order valence-corrected chi connectivity index (χ2v) is 5.44. The highest BCUT2D eigenvalue weighted by Crippen LogP contribution is 2.34. The van der Waals surface area contributed by atoms with Crippen LogP contribution in [0.3, 0.4) is 0 Å². The zero-order chi connectivity index (χ0) is 13.7. The van der Waals surface area contributed by atoms with Crippen LogP contribution in [0.4, 0.5) is 4.79 Å². The number of carbonyl (C=O) groups is 1. The summed E-state index contributed by atoms with van der Waals surface area (Å²) in [5.74, 6) is 0.774. The van der Waals surface area contributed by atoms with Gasteiger partial charge in [0.1, 0.15) is 12.7 Å². The molecule has 0 heterocycles. The van der Waals surface area contributed by atoms with Crippen LogP contribution in [0.5, 0.6) is 0 Å². The highest BCUT2D eigenvalue weighted by Gasteiger charge is 2.32. The van der Waals surface area contributed by atoms with Crippen molar-refractivity contribution in [3.05, 3.63) is 12.2 Å². The van der Waals surface area contributed by atoms with Gasteiger partial charge in [-0.05, 0) is 39.0 Å². The van der Waals surface area contributed by atoms with Gasteiger partial charge in [0.2, 0.25) is 0 Å². The maximum Gasteiger partial charge on any atom is 0.508 e. The first-order valence-electron chi connectivity index (χ1n) is 6.57. The van der Waals surface area contributed by atoms with Crippen molar-refractivity contribution in [2.75, 3.05) is 6.61 Å². The fourth-order valence-corrected chi connectivity index (χ4v) is 2.37. The van der Waals surface area contributed by atoms with Crippen LogP contribution in [-0.4, -0.2) is 30.1 Å². The third kappa shape index (κ3) is 4.69. The normalized spacial score (nSPS) is 29.4. The molecular weight excluding hydrogens is 232 g/mol. The molecule has 0 bridgehead atoms. The van der Waals surface area contributed by atoms with E-state index in [1.54, 1.807) is 6.92 Å². The molecule has 0 aliphatic heterocycles. The third-order valence-electron chi connectivity index (χ3n) is 3.38. The van der Waals surface area contributed by atoms with Crippen molar-refractivity contribution in [2.24, 2.45) is 11.8 Å². The lowest BCUT2D eigenvalue weighted by atomic mass is 9.78. The molecule has 1 rings (SSSR count). The van der Waals surface area contributed by atoms with Crippen molar-refractivity contribution in [2.45, 2.75) is 52.2 Å². The topological polar surface area (TPSA) is 55.8 Å². The van der Waals surface area contributed by atoms with Crippen LogP contribution in [0, 0.1) is 11.8 Å². The molecule has 4 unspecified atom stereocenters. The third-order valence-corrected chi connectivity index (χ3v) is 3.38. The zero-order valence-electron chi connectivity index (χ0n) is 11.5. The van der Waals surface area contributed by atoms with Crippen LogP contribution in [-0.2, 0) is 9.47 Å². The van der Waals surface area contributed by atoms with Gasteiger partial charge in [0.05, 0.1) is 6.10 Å². The molecule has 0 amide bonds. The molecule has 4 heteroatoms. The summed E-state index contributed by atoms with van der Waals surface area (Å²) in [6.07, 6.45) is 1.49. The molecule has 1 saturated carbocycles. The zero-order valence-corrected chi connectivity index (χ0v) is 11.5. The first-order valence-corrected chi connectivity index (χ1v) is 6.57. The van der Waals surface area contributed by atoms with Crippen LogP contribution < -0.4 is 0 Å². The fourth-order valence-electron chi connectivity index (χ4n) is 2.37. The molecule has 0 radical (unpaired) electrons. The van der Waals surface area contributed by atoms with E-state index >= 15 is 0 Å². The van der Waals surface area contributed by atoms with E-state index in [2.05, 4.69) is 13.5 Å². The lowest BCUT2D eigenvalue weighted by molar-refractivity contribution is -0.0259. The van der Waals surface area contributed by atoms with E-state index in [-0.39, 0.29) is 18.6 Å². The number of ether oxygens (including phenoxy) is 2. The Kier molecular flexibility index (Phi) is 5.66. The number of aliphatic hydroxyl groups excluding tert-OH is 1. The van der Waals surface area contributed by atoms with Crippen molar-refractivity contribution >= 4 is 6.16 Å². The van der Waals surface area contributed by atoms with Gasteiger partial charge in [0, 0.05) is 5.92 Å². The van der Waals surface area contributed by atoms with Gasteiger partial charge in [0.25, 0.3) is 0 Å². The molecule has 4 nitrogen and oxygen atoms in total. The summed E-state index contributed by atoms with van der Waals surface area (Å²) >= 11 is 0. The first-order chi connectivity index (χ1) is 8.40. The SMILES string of the molecule is C=C(C)C1CCC(C)CC1OC(=O)OCC(C)O.